The highest BCUT2D eigenvalue weighted by atomic mass is 16.5. The van der Waals surface area contributed by atoms with E-state index in [2.05, 4.69) is 0 Å². The lowest BCUT2D eigenvalue weighted by Gasteiger charge is -2.21. The quantitative estimate of drug-likeness (QED) is 0.796. The van der Waals surface area contributed by atoms with Crippen LogP contribution in [0.5, 0.6) is 11.5 Å². The Bertz CT molecular complexity index is 413. The molecule has 0 saturated heterocycles. The van der Waals surface area contributed by atoms with Crippen molar-refractivity contribution in [3.63, 3.8) is 0 Å². The maximum absolute atomic E-state index is 12.1. The summed E-state index contributed by atoms with van der Waals surface area (Å²) in [6.45, 7) is 3.62. The van der Waals surface area contributed by atoms with Crippen LogP contribution in [-0.4, -0.2) is 25.5 Å². The van der Waals surface area contributed by atoms with Crippen LogP contribution in [0, 0.1) is 0 Å². The Morgan fingerprint density at radius 2 is 1.88 bits per heavy atom. The molecule has 0 amide bonds. The lowest BCUT2D eigenvalue weighted by Crippen LogP contribution is -2.44. The fourth-order valence-corrected chi connectivity index (χ4v) is 1.47. The molecular weight excluding hydrogens is 218 g/mol. The van der Waals surface area contributed by atoms with E-state index < -0.39 is 5.54 Å². The van der Waals surface area contributed by atoms with Crippen LogP contribution in [0.1, 0.15) is 30.6 Å². The Hall–Kier alpha value is -1.55. The van der Waals surface area contributed by atoms with E-state index in [9.17, 15) is 4.79 Å². The Labute approximate surface area is 102 Å². The zero-order chi connectivity index (χ0) is 13.1. The van der Waals surface area contributed by atoms with E-state index in [1.165, 1.54) is 7.11 Å². The fraction of sp³-hybridized carbons (Fsp3) is 0.462. The van der Waals surface area contributed by atoms with E-state index in [1.54, 1.807) is 32.2 Å². The fourth-order valence-electron chi connectivity index (χ4n) is 1.47. The van der Waals surface area contributed by atoms with E-state index in [0.717, 1.165) is 0 Å². The van der Waals surface area contributed by atoms with Crippen molar-refractivity contribution in [1.29, 1.82) is 0 Å². The monoisotopic (exact) mass is 237 g/mol. The summed E-state index contributed by atoms with van der Waals surface area (Å²) in [6, 6.07) is 5.06. The molecule has 0 spiro atoms. The highest BCUT2D eigenvalue weighted by Gasteiger charge is 2.27. The molecule has 1 rings (SSSR count). The molecular formula is C13H19NO3. The third-order valence-electron chi connectivity index (χ3n) is 2.90. The number of ether oxygens (including phenoxy) is 2. The lowest BCUT2D eigenvalue weighted by atomic mass is 9.90. The van der Waals surface area contributed by atoms with Gasteiger partial charge >= 0.3 is 0 Å². The van der Waals surface area contributed by atoms with E-state index in [-0.39, 0.29) is 5.78 Å². The molecule has 2 N–H and O–H groups in total. The summed E-state index contributed by atoms with van der Waals surface area (Å²) in [4.78, 5) is 12.1. The van der Waals surface area contributed by atoms with Gasteiger partial charge in [-0.2, -0.15) is 0 Å². The minimum Gasteiger partial charge on any atom is -0.493 e. The van der Waals surface area contributed by atoms with Crippen LogP contribution in [0.4, 0.5) is 0 Å². The minimum absolute atomic E-state index is 0.0963. The van der Waals surface area contributed by atoms with Gasteiger partial charge in [0.05, 0.1) is 19.8 Å². The lowest BCUT2D eigenvalue weighted by molar-refractivity contribution is 0.0897. The molecule has 0 aliphatic rings. The Morgan fingerprint density at radius 3 is 2.35 bits per heavy atom. The zero-order valence-electron chi connectivity index (χ0n) is 10.7. The number of nitrogens with two attached hydrogens (primary N) is 1. The third-order valence-corrected chi connectivity index (χ3v) is 2.90. The third kappa shape index (κ3) is 2.77. The number of benzene rings is 1. The predicted molar refractivity (Wildman–Crippen MR) is 66.8 cm³/mol. The first kappa shape index (κ1) is 13.5. The summed E-state index contributed by atoms with van der Waals surface area (Å²) in [5.74, 6) is 1.03. The van der Waals surface area contributed by atoms with Crippen molar-refractivity contribution in [2.75, 3.05) is 14.2 Å². The Balaban J connectivity index is 3.12. The van der Waals surface area contributed by atoms with Crippen molar-refractivity contribution < 1.29 is 14.3 Å². The Morgan fingerprint density at radius 1 is 1.29 bits per heavy atom. The second kappa shape index (κ2) is 5.19. The number of carbonyl (C=O) groups is 1. The molecule has 0 aliphatic carbocycles. The highest BCUT2D eigenvalue weighted by Crippen LogP contribution is 2.29. The molecule has 0 fully saturated rings. The molecule has 1 unspecified atom stereocenters. The van der Waals surface area contributed by atoms with Gasteiger partial charge in [0, 0.05) is 5.56 Å². The summed E-state index contributed by atoms with van der Waals surface area (Å²) in [6.07, 6.45) is 0.584. The molecule has 0 bridgehead atoms. The largest absolute Gasteiger partial charge is 0.493 e. The van der Waals surface area contributed by atoms with Gasteiger partial charge in [-0.25, -0.2) is 0 Å². The molecule has 1 aromatic rings. The minimum atomic E-state index is -0.848. The summed E-state index contributed by atoms with van der Waals surface area (Å²) in [7, 11) is 3.09. The zero-order valence-corrected chi connectivity index (χ0v) is 10.7. The molecule has 17 heavy (non-hydrogen) atoms. The van der Waals surface area contributed by atoms with E-state index in [4.69, 9.17) is 15.2 Å². The molecule has 0 aliphatic heterocycles. The van der Waals surface area contributed by atoms with Crippen molar-refractivity contribution in [2.45, 2.75) is 25.8 Å². The first-order valence-electron chi connectivity index (χ1n) is 5.52. The van der Waals surface area contributed by atoms with Gasteiger partial charge in [0.25, 0.3) is 0 Å². The number of hydrogen-bond acceptors (Lipinski definition) is 4. The van der Waals surface area contributed by atoms with Crippen molar-refractivity contribution in [2.24, 2.45) is 5.73 Å². The van der Waals surface area contributed by atoms with Gasteiger partial charge in [-0.15, -0.1) is 0 Å². The number of methoxy groups -OCH3 is 2. The molecule has 0 heterocycles. The molecule has 94 valence electrons. The van der Waals surface area contributed by atoms with Crippen LogP contribution in [0.15, 0.2) is 18.2 Å². The number of carbonyl (C=O) groups excluding carboxylic acids is 1. The van der Waals surface area contributed by atoms with Gasteiger partial charge in [-0.3, -0.25) is 4.79 Å². The number of rotatable bonds is 5. The molecule has 4 heteroatoms. The standard InChI is InChI=1S/C13H19NO3/c1-5-13(2,14)12(15)9-6-7-10(16-3)11(8-9)17-4/h6-8H,5,14H2,1-4H3. The second-order valence-corrected chi connectivity index (χ2v) is 4.17. The number of hydrogen-bond donors (Lipinski definition) is 1. The molecule has 0 radical (unpaired) electrons. The van der Waals surface area contributed by atoms with Crippen LogP contribution < -0.4 is 15.2 Å². The average Bonchev–Trinajstić information content (AvgIpc) is 2.36. The van der Waals surface area contributed by atoms with Gasteiger partial charge in [-0.1, -0.05) is 6.92 Å². The molecule has 4 nitrogen and oxygen atoms in total. The molecule has 0 saturated carbocycles. The average molecular weight is 237 g/mol. The molecule has 1 aromatic carbocycles. The predicted octanol–water partition coefficient (Wildman–Crippen LogP) is 2.01. The van der Waals surface area contributed by atoms with Gasteiger partial charge in [-0.05, 0) is 31.5 Å². The second-order valence-electron chi connectivity index (χ2n) is 4.17. The van der Waals surface area contributed by atoms with E-state index >= 15 is 0 Å². The van der Waals surface area contributed by atoms with Crippen LogP contribution in [0.25, 0.3) is 0 Å². The topological polar surface area (TPSA) is 61.6 Å². The van der Waals surface area contributed by atoms with Crippen molar-refractivity contribution in [3.8, 4) is 11.5 Å². The smallest absolute Gasteiger partial charge is 0.182 e. The van der Waals surface area contributed by atoms with Crippen molar-refractivity contribution >= 4 is 5.78 Å². The van der Waals surface area contributed by atoms with Crippen LogP contribution in [-0.2, 0) is 0 Å². The van der Waals surface area contributed by atoms with Gasteiger partial charge in [0.15, 0.2) is 17.3 Å². The highest BCUT2D eigenvalue weighted by molar-refractivity contribution is 6.03. The van der Waals surface area contributed by atoms with E-state index in [0.29, 0.717) is 23.5 Å². The molecule has 1 atom stereocenters. The summed E-state index contributed by atoms with van der Waals surface area (Å²) in [5.41, 5.74) is 5.62. The Kier molecular flexibility index (Phi) is 4.12. The maximum atomic E-state index is 12.1. The van der Waals surface area contributed by atoms with Gasteiger partial charge in [0.1, 0.15) is 0 Å². The van der Waals surface area contributed by atoms with Gasteiger partial charge < -0.3 is 15.2 Å². The van der Waals surface area contributed by atoms with Crippen LogP contribution >= 0.6 is 0 Å². The first-order valence-corrected chi connectivity index (χ1v) is 5.52. The van der Waals surface area contributed by atoms with Gasteiger partial charge in [0.2, 0.25) is 0 Å². The molecule has 0 aromatic heterocycles. The van der Waals surface area contributed by atoms with Crippen molar-refractivity contribution in [1.82, 2.24) is 0 Å². The normalized spacial score (nSPS) is 13.9. The van der Waals surface area contributed by atoms with Crippen molar-refractivity contribution in [3.05, 3.63) is 23.8 Å². The SMILES string of the molecule is CCC(C)(N)C(=O)c1ccc(OC)c(OC)c1. The summed E-state index contributed by atoms with van der Waals surface area (Å²) < 4.78 is 10.3. The first-order chi connectivity index (χ1) is 7.96. The summed E-state index contributed by atoms with van der Waals surface area (Å²) >= 11 is 0. The number of Topliss-reactive ketones (excluding diaryl/α,β-unsaturated/α-hetero) is 1. The number of ketones is 1. The van der Waals surface area contributed by atoms with E-state index in [1.807, 2.05) is 6.92 Å². The summed E-state index contributed by atoms with van der Waals surface area (Å²) in [5, 5.41) is 0. The van der Waals surface area contributed by atoms with Crippen LogP contribution in [0.2, 0.25) is 0 Å². The van der Waals surface area contributed by atoms with Crippen LogP contribution in [0.3, 0.4) is 0 Å². The maximum Gasteiger partial charge on any atom is 0.182 e.